The van der Waals surface area contributed by atoms with Crippen molar-refractivity contribution in [2.45, 2.75) is 30.7 Å². The minimum atomic E-state index is -3.38. The van der Waals surface area contributed by atoms with Crippen LogP contribution in [0.3, 0.4) is 0 Å². The van der Waals surface area contributed by atoms with Crippen LogP contribution in [-0.4, -0.2) is 38.2 Å². The van der Waals surface area contributed by atoms with Crippen LogP contribution in [0.25, 0.3) is 11.1 Å². The van der Waals surface area contributed by atoms with Crippen molar-refractivity contribution < 1.29 is 33.3 Å². The second-order valence-electron chi connectivity index (χ2n) is 8.40. The predicted molar refractivity (Wildman–Crippen MR) is 135 cm³/mol. The molecule has 1 fully saturated rings. The number of alkyl carbamates (subject to hydrolysis) is 1. The summed E-state index contributed by atoms with van der Waals surface area (Å²) in [7, 11) is -3.38. The van der Waals surface area contributed by atoms with Gasteiger partial charge in [-0.2, -0.15) is 0 Å². The average molecular weight is 511 g/mol. The van der Waals surface area contributed by atoms with Crippen LogP contribution in [0, 0.1) is 0 Å². The number of rotatable bonds is 8. The van der Waals surface area contributed by atoms with Crippen molar-refractivity contribution in [3.8, 4) is 11.1 Å². The first-order valence-electron chi connectivity index (χ1n) is 11.2. The maximum Gasteiger partial charge on any atom is 0.408 e. The predicted octanol–water partition coefficient (Wildman–Crippen LogP) is 4.50. The molecule has 36 heavy (non-hydrogen) atoms. The highest BCUT2D eigenvalue weighted by Crippen LogP contribution is 2.57. The molecular formula is C26H26N2O7S. The number of carboxylic acid groups (broad SMARTS) is 1. The van der Waals surface area contributed by atoms with Gasteiger partial charge in [-0.05, 0) is 27.8 Å². The van der Waals surface area contributed by atoms with Gasteiger partial charge in [-0.3, -0.25) is 18.6 Å². The van der Waals surface area contributed by atoms with Crippen molar-refractivity contribution in [3.63, 3.8) is 0 Å². The van der Waals surface area contributed by atoms with Crippen LogP contribution in [0.1, 0.15) is 28.4 Å². The molecule has 0 radical (unpaired) electrons. The van der Waals surface area contributed by atoms with E-state index in [2.05, 4.69) is 10.0 Å². The molecule has 5 N–H and O–H groups in total. The molecule has 4 rings (SSSR count). The average Bonchev–Trinajstić information content (AvgIpc) is 3.14. The zero-order valence-electron chi connectivity index (χ0n) is 19.2. The standard InChI is InChI=1S/C26H26N2O7S/c29-24-15-23(36(33,34)28-24)20-12-11-18(13-21(20)19-9-5-2-6-10-19)14-22(25(30)31)27-26(32)35-16-17-7-3-1-4-8-17/h1-13,22-23,33-34H,14-16H2,(H,27,32)(H,28,29)(H,30,31)/t22-,23?/m0/s1. The van der Waals surface area contributed by atoms with Crippen LogP contribution >= 0.6 is 10.8 Å². The fourth-order valence-electron chi connectivity index (χ4n) is 4.07. The minimum absolute atomic E-state index is 0.00636. The zero-order chi connectivity index (χ0) is 25.7. The van der Waals surface area contributed by atoms with E-state index in [0.29, 0.717) is 16.7 Å². The lowest BCUT2D eigenvalue weighted by Crippen LogP contribution is -2.42. The van der Waals surface area contributed by atoms with E-state index in [1.54, 1.807) is 42.5 Å². The number of benzene rings is 3. The number of carbonyl (C=O) groups is 3. The van der Waals surface area contributed by atoms with E-state index < -0.39 is 40.0 Å². The summed E-state index contributed by atoms with van der Waals surface area (Å²) in [5, 5.41) is 11.3. The molecule has 1 unspecified atom stereocenters. The van der Waals surface area contributed by atoms with Gasteiger partial charge in [0.2, 0.25) is 5.91 Å². The lowest BCUT2D eigenvalue weighted by Gasteiger charge is -2.34. The van der Waals surface area contributed by atoms with Crippen molar-refractivity contribution in [1.29, 1.82) is 0 Å². The number of nitrogens with one attached hydrogen (secondary N) is 2. The van der Waals surface area contributed by atoms with Crippen LogP contribution in [0.2, 0.25) is 0 Å². The normalized spacial score (nSPS) is 18.1. The van der Waals surface area contributed by atoms with Gasteiger partial charge in [0.1, 0.15) is 17.9 Å². The first-order valence-corrected chi connectivity index (χ1v) is 12.8. The molecule has 188 valence electrons. The summed E-state index contributed by atoms with van der Waals surface area (Å²) < 4.78 is 28.3. The van der Waals surface area contributed by atoms with Crippen molar-refractivity contribution in [2.75, 3.05) is 0 Å². The minimum Gasteiger partial charge on any atom is -0.480 e. The molecule has 9 nitrogen and oxygen atoms in total. The third-order valence-electron chi connectivity index (χ3n) is 5.82. The molecule has 1 aliphatic heterocycles. The number of carbonyl (C=O) groups excluding carboxylic acids is 2. The Morgan fingerprint density at radius 2 is 1.67 bits per heavy atom. The summed E-state index contributed by atoms with van der Waals surface area (Å²) in [6.07, 6.45) is -0.960. The van der Waals surface area contributed by atoms with Crippen molar-refractivity contribution in [3.05, 3.63) is 95.6 Å². The number of amides is 2. The van der Waals surface area contributed by atoms with Crippen LogP contribution < -0.4 is 10.0 Å². The highest BCUT2D eigenvalue weighted by Gasteiger charge is 2.39. The quantitative estimate of drug-likeness (QED) is 0.300. The Bertz CT molecular complexity index is 1250. The molecule has 0 aromatic heterocycles. The van der Waals surface area contributed by atoms with E-state index in [0.717, 1.165) is 11.1 Å². The van der Waals surface area contributed by atoms with Gasteiger partial charge in [-0.25, -0.2) is 9.59 Å². The first kappa shape index (κ1) is 25.2. The molecule has 0 spiro atoms. The van der Waals surface area contributed by atoms with E-state index in [9.17, 15) is 28.6 Å². The molecule has 0 saturated carbocycles. The first-order chi connectivity index (χ1) is 17.2. The Morgan fingerprint density at radius 1 is 1.00 bits per heavy atom. The molecule has 10 heteroatoms. The van der Waals surface area contributed by atoms with Gasteiger partial charge in [0.25, 0.3) is 0 Å². The molecule has 1 aliphatic rings. The van der Waals surface area contributed by atoms with Gasteiger partial charge in [-0.1, -0.05) is 78.9 Å². The zero-order valence-corrected chi connectivity index (χ0v) is 20.0. The van der Waals surface area contributed by atoms with E-state index >= 15 is 0 Å². The summed E-state index contributed by atoms with van der Waals surface area (Å²) in [5.74, 6) is -1.68. The second kappa shape index (κ2) is 10.8. The fourth-order valence-corrected chi connectivity index (χ4v) is 5.58. The lowest BCUT2D eigenvalue weighted by atomic mass is 9.92. The molecule has 0 bridgehead atoms. The summed E-state index contributed by atoms with van der Waals surface area (Å²) >= 11 is 0. The number of ether oxygens (including phenoxy) is 1. The van der Waals surface area contributed by atoms with Gasteiger partial charge < -0.3 is 15.2 Å². The molecule has 2 atom stereocenters. The molecule has 3 aromatic carbocycles. The summed E-state index contributed by atoms with van der Waals surface area (Å²) in [5.41, 5.74) is 3.34. The molecule has 1 heterocycles. The maximum atomic E-state index is 12.3. The molecular weight excluding hydrogens is 484 g/mol. The number of hydrogen-bond donors (Lipinski definition) is 5. The third-order valence-corrected chi connectivity index (χ3v) is 7.57. The molecule has 0 aliphatic carbocycles. The lowest BCUT2D eigenvalue weighted by molar-refractivity contribution is -0.139. The SMILES string of the molecule is O=C1CC(c2ccc(C[C@H](NC(=O)OCc3ccccc3)C(=O)O)cc2-c2ccccc2)S(O)(O)N1. The van der Waals surface area contributed by atoms with E-state index in [-0.39, 0.29) is 19.4 Å². The Balaban J connectivity index is 1.56. The van der Waals surface area contributed by atoms with Crippen LogP contribution in [0.15, 0.2) is 78.9 Å². The van der Waals surface area contributed by atoms with Crippen molar-refractivity contribution in [2.24, 2.45) is 0 Å². The molecule has 1 saturated heterocycles. The van der Waals surface area contributed by atoms with Crippen LogP contribution in [-0.2, 0) is 27.4 Å². The fraction of sp³-hybridized carbons (Fsp3) is 0.192. The van der Waals surface area contributed by atoms with Gasteiger partial charge >= 0.3 is 12.1 Å². The summed E-state index contributed by atoms with van der Waals surface area (Å²) in [4.78, 5) is 36.0. The topological polar surface area (TPSA) is 145 Å². The number of carboxylic acids is 1. The second-order valence-corrected chi connectivity index (χ2v) is 10.4. The molecule has 3 aromatic rings. The Hall–Kier alpha value is -3.86. The monoisotopic (exact) mass is 510 g/mol. The van der Waals surface area contributed by atoms with Crippen molar-refractivity contribution in [1.82, 2.24) is 10.0 Å². The number of aliphatic carboxylic acids is 1. The van der Waals surface area contributed by atoms with Gasteiger partial charge in [0.15, 0.2) is 0 Å². The Kier molecular flexibility index (Phi) is 7.58. The summed E-state index contributed by atoms with van der Waals surface area (Å²) in [6, 6.07) is 22.0. The van der Waals surface area contributed by atoms with Gasteiger partial charge in [0.05, 0.1) is 6.42 Å². The van der Waals surface area contributed by atoms with E-state index in [1.165, 1.54) is 0 Å². The van der Waals surface area contributed by atoms with Crippen LogP contribution in [0.4, 0.5) is 4.79 Å². The van der Waals surface area contributed by atoms with E-state index in [1.807, 2.05) is 36.4 Å². The van der Waals surface area contributed by atoms with Gasteiger partial charge in [-0.15, -0.1) is 10.8 Å². The smallest absolute Gasteiger partial charge is 0.408 e. The van der Waals surface area contributed by atoms with Gasteiger partial charge in [0, 0.05) is 6.42 Å². The van der Waals surface area contributed by atoms with E-state index in [4.69, 9.17) is 4.74 Å². The third kappa shape index (κ3) is 6.03. The van der Waals surface area contributed by atoms with Crippen molar-refractivity contribution >= 4 is 28.7 Å². The highest BCUT2D eigenvalue weighted by atomic mass is 32.3. The Labute approximate surface area is 209 Å². The Morgan fingerprint density at radius 3 is 2.28 bits per heavy atom. The molecule has 2 amide bonds. The largest absolute Gasteiger partial charge is 0.480 e. The highest BCUT2D eigenvalue weighted by molar-refractivity contribution is 8.23. The van der Waals surface area contributed by atoms with Crippen LogP contribution in [0.5, 0.6) is 0 Å². The maximum absolute atomic E-state index is 12.3. The summed E-state index contributed by atoms with van der Waals surface area (Å²) in [6.45, 7) is 0.00636. The number of hydrogen-bond acceptors (Lipinski definition) is 6.